The highest BCUT2D eigenvalue weighted by Crippen LogP contribution is 2.22. The number of nitro benzene ring substituents is 1. The lowest BCUT2D eigenvalue weighted by Crippen LogP contribution is -2.28. The molecule has 29 heavy (non-hydrogen) atoms. The maximum atomic E-state index is 12.1. The summed E-state index contributed by atoms with van der Waals surface area (Å²) in [6.45, 7) is 1.82. The van der Waals surface area contributed by atoms with Gasteiger partial charge in [-0.05, 0) is 42.8 Å². The van der Waals surface area contributed by atoms with Gasteiger partial charge in [-0.25, -0.2) is 4.79 Å². The lowest BCUT2D eigenvalue weighted by molar-refractivity contribution is -0.385. The molecule has 2 aromatic carbocycles. The Kier molecular flexibility index (Phi) is 5.88. The fourth-order valence-electron chi connectivity index (χ4n) is 2.60. The normalized spacial score (nSPS) is 10.2. The lowest BCUT2D eigenvalue weighted by atomic mass is 10.2. The molecule has 3 N–H and O–H groups in total. The summed E-state index contributed by atoms with van der Waals surface area (Å²) in [5, 5.41) is 18.9. The quantitative estimate of drug-likeness (QED) is 0.429. The average Bonchev–Trinajstić information content (AvgIpc) is 3.23. The van der Waals surface area contributed by atoms with Crippen LogP contribution in [0.5, 0.6) is 0 Å². The second kappa shape index (κ2) is 8.70. The standard InChI is InChI=1S/C20H18N4O5/c1-13-7-8-16(11-17(13)24(27)28)23-20(26)21-12-14-4-2-5-15(10-14)22-19(25)18-6-3-9-29-18/h2-11H,12H2,1H3,(H,22,25)(H2,21,23,26). The van der Waals surface area contributed by atoms with E-state index in [0.29, 0.717) is 16.9 Å². The first-order chi connectivity index (χ1) is 13.9. The van der Waals surface area contributed by atoms with Crippen LogP contribution in [0.3, 0.4) is 0 Å². The monoisotopic (exact) mass is 394 g/mol. The molecule has 0 spiro atoms. The van der Waals surface area contributed by atoms with Crippen molar-refractivity contribution in [3.05, 3.63) is 87.9 Å². The average molecular weight is 394 g/mol. The van der Waals surface area contributed by atoms with Crippen molar-refractivity contribution in [3.63, 3.8) is 0 Å². The third kappa shape index (κ3) is 5.19. The number of anilines is 2. The van der Waals surface area contributed by atoms with Crippen LogP contribution < -0.4 is 16.0 Å². The minimum atomic E-state index is -0.506. The molecule has 0 saturated heterocycles. The van der Waals surface area contributed by atoms with E-state index >= 15 is 0 Å². The van der Waals surface area contributed by atoms with Crippen molar-refractivity contribution < 1.29 is 18.9 Å². The molecule has 0 bridgehead atoms. The highest BCUT2D eigenvalue weighted by molar-refractivity contribution is 6.02. The van der Waals surface area contributed by atoms with Crippen LogP contribution >= 0.6 is 0 Å². The number of nitro groups is 1. The molecule has 9 nitrogen and oxygen atoms in total. The molecule has 1 heterocycles. The van der Waals surface area contributed by atoms with E-state index in [1.165, 1.54) is 12.3 Å². The molecule has 3 rings (SSSR count). The van der Waals surface area contributed by atoms with E-state index in [0.717, 1.165) is 5.56 Å². The van der Waals surface area contributed by atoms with Gasteiger partial charge in [0.15, 0.2) is 5.76 Å². The Morgan fingerprint density at radius 3 is 2.55 bits per heavy atom. The van der Waals surface area contributed by atoms with Gasteiger partial charge >= 0.3 is 6.03 Å². The number of benzene rings is 2. The maximum Gasteiger partial charge on any atom is 0.319 e. The molecule has 9 heteroatoms. The van der Waals surface area contributed by atoms with E-state index in [1.54, 1.807) is 55.5 Å². The Hall–Kier alpha value is -4.14. The van der Waals surface area contributed by atoms with Gasteiger partial charge in [-0.1, -0.05) is 18.2 Å². The van der Waals surface area contributed by atoms with Gasteiger partial charge in [0.05, 0.1) is 11.2 Å². The molecule has 3 amide bonds. The van der Waals surface area contributed by atoms with Crippen molar-refractivity contribution in [3.8, 4) is 0 Å². The molecule has 0 aliphatic heterocycles. The van der Waals surface area contributed by atoms with E-state index < -0.39 is 11.0 Å². The second-order valence-corrected chi connectivity index (χ2v) is 6.20. The van der Waals surface area contributed by atoms with Crippen LogP contribution in [-0.2, 0) is 6.54 Å². The molecule has 1 aromatic heterocycles. The molecule has 0 atom stereocenters. The number of carbonyl (C=O) groups is 2. The minimum absolute atomic E-state index is 0.0669. The summed E-state index contributed by atoms with van der Waals surface area (Å²) in [5.74, 6) is -0.182. The van der Waals surface area contributed by atoms with E-state index in [4.69, 9.17) is 4.42 Å². The van der Waals surface area contributed by atoms with Crippen LogP contribution in [0.15, 0.2) is 65.3 Å². The van der Waals surface area contributed by atoms with Crippen LogP contribution in [0.1, 0.15) is 21.7 Å². The van der Waals surface area contributed by atoms with E-state index in [2.05, 4.69) is 16.0 Å². The fraction of sp³-hybridized carbons (Fsp3) is 0.100. The Morgan fingerprint density at radius 2 is 1.83 bits per heavy atom. The predicted octanol–water partition coefficient (Wildman–Crippen LogP) is 4.07. The summed E-state index contributed by atoms with van der Waals surface area (Å²) in [6, 6.07) is 14.1. The molecule has 0 fully saturated rings. The second-order valence-electron chi connectivity index (χ2n) is 6.20. The SMILES string of the molecule is Cc1ccc(NC(=O)NCc2cccc(NC(=O)c3ccco3)c2)cc1[N+](=O)[O-]. The Balaban J connectivity index is 1.57. The lowest BCUT2D eigenvalue weighted by Gasteiger charge is -2.10. The van der Waals surface area contributed by atoms with E-state index in [9.17, 15) is 19.7 Å². The molecule has 0 radical (unpaired) electrons. The number of carbonyl (C=O) groups excluding carboxylic acids is 2. The first-order valence-electron chi connectivity index (χ1n) is 8.66. The highest BCUT2D eigenvalue weighted by Gasteiger charge is 2.12. The Morgan fingerprint density at radius 1 is 1.03 bits per heavy atom. The number of furan rings is 1. The zero-order valence-corrected chi connectivity index (χ0v) is 15.5. The number of nitrogens with one attached hydrogen (secondary N) is 3. The molecule has 0 aliphatic carbocycles. The van der Waals surface area contributed by atoms with Gasteiger partial charge in [-0.3, -0.25) is 14.9 Å². The van der Waals surface area contributed by atoms with Gasteiger partial charge < -0.3 is 20.4 Å². The molecular formula is C20H18N4O5. The summed E-state index contributed by atoms with van der Waals surface area (Å²) in [6.07, 6.45) is 1.41. The summed E-state index contributed by atoms with van der Waals surface area (Å²) in [5.41, 5.74) is 2.07. The third-order valence-corrected chi connectivity index (χ3v) is 4.05. The van der Waals surface area contributed by atoms with Crippen LogP contribution in [0.4, 0.5) is 21.9 Å². The van der Waals surface area contributed by atoms with Gasteiger partial charge in [0.2, 0.25) is 0 Å². The van der Waals surface area contributed by atoms with Gasteiger partial charge in [0, 0.05) is 29.5 Å². The van der Waals surface area contributed by atoms with E-state index in [1.807, 2.05) is 0 Å². The Bertz CT molecular complexity index is 1050. The summed E-state index contributed by atoms with van der Waals surface area (Å²) < 4.78 is 5.04. The zero-order chi connectivity index (χ0) is 20.8. The van der Waals surface area contributed by atoms with Crippen LogP contribution in [0.25, 0.3) is 0 Å². The van der Waals surface area contributed by atoms with Crippen LogP contribution in [0.2, 0.25) is 0 Å². The molecular weight excluding hydrogens is 376 g/mol. The largest absolute Gasteiger partial charge is 0.459 e. The first kappa shape index (κ1) is 19.6. The number of rotatable bonds is 6. The maximum absolute atomic E-state index is 12.1. The predicted molar refractivity (Wildman–Crippen MR) is 107 cm³/mol. The highest BCUT2D eigenvalue weighted by atomic mass is 16.6. The van der Waals surface area contributed by atoms with Crippen molar-refractivity contribution in [2.45, 2.75) is 13.5 Å². The fourth-order valence-corrected chi connectivity index (χ4v) is 2.60. The summed E-state index contributed by atoms with van der Waals surface area (Å²) in [4.78, 5) is 34.6. The molecule has 0 unspecified atom stereocenters. The number of aryl methyl sites for hydroxylation is 1. The molecule has 3 aromatic rings. The molecule has 0 saturated carbocycles. The molecule has 0 aliphatic rings. The zero-order valence-electron chi connectivity index (χ0n) is 15.5. The number of amides is 3. The van der Waals surface area contributed by atoms with Crippen molar-refractivity contribution in [2.75, 3.05) is 10.6 Å². The number of hydrogen-bond donors (Lipinski definition) is 3. The summed E-state index contributed by atoms with van der Waals surface area (Å²) >= 11 is 0. The van der Waals surface area contributed by atoms with Crippen molar-refractivity contribution >= 4 is 29.0 Å². The van der Waals surface area contributed by atoms with Gasteiger partial charge in [-0.15, -0.1) is 0 Å². The number of urea groups is 1. The van der Waals surface area contributed by atoms with Crippen molar-refractivity contribution in [2.24, 2.45) is 0 Å². The third-order valence-electron chi connectivity index (χ3n) is 4.05. The number of hydrogen-bond acceptors (Lipinski definition) is 5. The van der Waals surface area contributed by atoms with E-state index in [-0.39, 0.29) is 23.9 Å². The van der Waals surface area contributed by atoms with Crippen LogP contribution in [-0.4, -0.2) is 16.9 Å². The van der Waals surface area contributed by atoms with Crippen LogP contribution in [0, 0.1) is 17.0 Å². The Labute approximate surface area is 165 Å². The summed E-state index contributed by atoms with van der Waals surface area (Å²) in [7, 11) is 0. The first-order valence-corrected chi connectivity index (χ1v) is 8.66. The van der Waals surface area contributed by atoms with Gasteiger partial charge in [0.25, 0.3) is 11.6 Å². The molecule has 148 valence electrons. The van der Waals surface area contributed by atoms with Crippen molar-refractivity contribution in [1.29, 1.82) is 0 Å². The van der Waals surface area contributed by atoms with Crippen molar-refractivity contribution in [1.82, 2.24) is 5.32 Å². The topological polar surface area (TPSA) is 127 Å². The smallest absolute Gasteiger partial charge is 0.319 e. The van der Waals surface area contributed by atoms with Gasteiger partial charge in [0.1, 0.15) is 0 Å². The van der Waals surface area contributed by atoms with Gasteiger partial charge in [-0.2, -0.15) is 0 Å². The minimum Gasteiger partial charge on any atom is -0.459 e. The number of nitrogens with zero attached hydrogens (tertiary/aromatic N) is 1.